The van der Waals surface area contributed by atoms with Crippen LogP contribution >= 0.6 is 27.5 Å². The Labute approximate surface area is 124 Å². The highest BCUT2D eigenvalue weighted by atomic mass is 79.9. The number of carbonyl (C=O) groups is 1. The van der Waals surface area contributed by atoms with Crippen molar-refractivity contribution in [3.8, 4) is 0 Å². The minimum absolute atomic E-state index is 0.0185. The second-order valence-electron chi connectivity index (χ2n) is 4.14. The van der Waals surface area contributed by atoms with Crippen LogP contribution in [0.3, 0.4) is 0 Å². The molecular formula is C11H14BrClN4O2. The smallest absolute Gasteiger partial charge is 0.244 e. The third-order valence-corrected chi connectivity index (χ3v) is 3.52. The Kier molecular flexibility index (Phi) is 4.95. The number of aromatic nitrogens is 2. The van der Waals surface area contributed by atoms with Crippen molar-refractivity contribution in [1.29, 1.82) is 0 Å². The van der Waals surface area contributed by atoms with Gasteiger partial charge in [-0.2, -0.15) is 4.98 Å². The number of amides is 1. The fourth-order valence-electron chi connectivity index (χ4n) is 1.77. The number of hydrogen-bond donors (Lipinski definition) is 1. The van der Waals surface area contributed by atoms with Gasteiger partial charge in [0.15, 0.2) is 0 Å². The predicted molar refractivity (Wildman–Crippen MR) is 75.2 cm³/mol. The maximum absolute atomic E-state index is 12.2. The summed E-state index contributed by atoms with van der Waals surface area (Å²) < 4.78 is 5.89. The first-order valence-electron chi connectivity index (χ1n) is 5.89. The van der Waals surface area contributed by atoms with E-state index < -0.39 is 0 Å². The van der Waals surface area contributed by atoms with Gasteiger partial charge in [0.05, 0.1) is 17.7 Å². The first-order chi connectivity index (χ1) is 9.08. The largest absolute Gasteiger partial charge is 0.378 e. The van der Waals surface area contributed by atoms with Gasteiger partial charge in [-0.1, -0.05) is 0 Å². The average molecular weight is 350 g/mol. The van der Waals surface area contributed by atoms with Gasteiger partial charge in [-0.3, -0.25) is 4.79 Å². The number of morpholine rings is 1. The second kappa shape index (κ2) is 6.49. The zero-order valence-corrected chi connectivity index (χ0v) is 12.7. The van der Waals surface area contributed by atoms with Crippen LogP contribution in [0.4, 0.5) is 5.82 Å². The molecule has 0 radical (unpaired) electrons. The summed E-state index contributed by atoms with van der Waals surface area (Å²) in [5.74, 6) is 0.527. The van der Waals surface area contributed by atoms with Crippen molar-refractivity contribution in [1.82, 2.24) is 14.9 Å². The summed E-state index contributed by atoms with van der Waals surface area (Å²) in [6, 6.07) is -0.389. The van der Waals surface area contributed by atoms with E-state index in [1.807, 2.05) is 0 Å². The number of halogens is 2. The lowest BCUT2D eigenvalue weighted by Crippen LogP contribution is -2.47. The first-order valence-corrected chi connectivity index (χ1v) is 7.06. The highest BCUT2D eigenvalue weighted by Crippen LogP contribution is 2.21. The Bertz CT molecular complexity index is 468. The quantitative estimate of drug-likeness (QED) is 0.839. The molecule has 1 aliphatic rings. The van der Waals surface area contributed by atoms with E-state index in [4.69, 9.17) is 16.3 Å². The summed E-state index contributed by atoms with van der Waals surface area (Å²) in [4.78, 5) is 21.9. The Hall–Kier alpha value is -0.920. The molecule has 1 aromatic heterocycles. The summed E-state index contributed by atoms with van der Waals surface area (Å²) in [7, 11) is 0. The Balaban J connectivity index is 2.01. The van der Waals surface area contributed by atoms with E-state index in [0.717, 1.165) is 0 Å². The van der Waals surface area contributed by atoms with E-state index in [0.29, 0.717) is 36.6 Å². The number of hydrogen-bond acceptors (Lipinski definition) is 5. The molecule has 2 heterocycles. The molecule has 0 saturated carbocycles. The molecule has 1 saturated heterocycles. The van der Waals surface area contributed by atoms with Crippen LogP contribution in [0.5, 0.6) is 0 Å². The van der Waals surface area contributed by atoms with E-state index in [-0.39, 0.29) is 17.2 Å². The van der Waals surface area contributed by atoms with E-state index >= 15 is 0 Å². The zero-order chi connectivity index (χ0) is 13.8. The molecule has 0 aromatic carbocycles. The molecule has 0 bridgehead atoms. The molecule has 0 aliphatic carbocycles. The molecule has 1 N–H and O–H groups in total. The van der Waals surface area contributed by atoms with Gasteiger partial charge >= 0.3 is 0 Å². The minimum atomic E-state index is -0.389. The highest BCUT2D eigenvalue weighted by molar-refractivity contribution is 9.10. The molecule has 1 amide bonds. The summed E-state index contributed by atoms with van der Waals surface area (Å²) in [6.45, 7) is 4.20. The third kappa shape index (κ3) is 3.77. The van der Waals surface area contributed by atoms with Gasteiger partial charge in [-0.15, -0.1) is 0 Å². The molecule has 104 valence electrons. The van der Waals surface area contributed by atoms with Crippen molar-refractivity contribution in [2.75, 3.05) is 31.6 Å². The molecule has 19 heavy (non-hydrogen) atoms. The van der Waals surface area contributed by atoms with Gasteiger partial charge in [0.1, 0.15) is 11.9 Å². The Morgan fingerprint density at radius 2 is 2.26 bits per heavy atom. The van der Waals surface area contributed by atoms with Gasteiger partial charge in [0.2, 0.25) is 11.2 Å². The molecular weight excluding hydrogens is 336 g/mol. The molecule has 1 fully saturated rings. The maximum Gasteiger partial charge on any atom is 0.244 e. The van der Waals surface area contributed by atoms with Gasteiger partial charge in [-0.05, 0) is 34.5 Å². The lowest BCUT2D eigenvalue weighted by atomic mass is 10.2. The first kappa shape index (κ1) is 14.5. The lowest BCUT2D eigenvalue weighted by Gasteiger charge is -2.29. The molecule has 2 rings (SSSR count). The topological polar surface area (TPSA) is 67.4 Å². The standard InChI is InChI=1S/C11H14BrClN4O2/c1-7(10(18)17-2-4-19-5-3-17)15-9-8(12)6-14-11(13)16-9/h6-7H,2-5H2,1H3,(H,14,15,16). The Morgan fingerprint density at radius 3 is 2.95 bits per heavy atom. The summed E-state index contributed by atoms with van der Waals surface area (Å²) >= 11 is 9.05. The van der Waals surface area contributed by atoms with Crippen LogP contribution in [-0.2, 0) is 9.53 Å². The van der Waals surface area contributed by atoms with Crippen LogP contribution in [0.25, 0.3) is 0 Å². The number of rotatable bonds is 3. The van der Waals surface area contributed by atoms with Crippen molar-refractivity contribution in [3.05, 3.63) is 16.0 Å². The van der Waals surface area contributed by atoms with Gasteiger partial charge in [0, 0.05) is 19.3 Å². The lowest BCUT2D eigenvalue weighted by molar-refractivity contribution is -0.135. The van der Waals surface area contributed by atoms with Crippen molar-refractivity contribution < 1.29 is 9.53 Å². The molecule has 8 heteroatoms. The fourth-order valence-corrected chi connectivity index (χ4v) is 2.21. The van der Waals surface area contributed by atoms with Crippen LogP contribution in [0.15, 0.2) is 10.7 Å². The number of nitrogens with zero attached hydrogens (tertiary/aromatic N) is 3. The molecule has 1 aromatic rings. The summed E-state index contributed by atoms with van der Waals surface area (Å²) in [5.41, 5.74) is 0. The summed E-state index contributed by atoms with van der Waals surface area (Å²) in [6.07, 6.45) is 1.55. The van der Waals surface area contributed by atoms with Crippen molar-refractivity contribution >= 4 is 39.3 Å². The highest BCUT2D eigenvalue weighted by Gasteiger charge is 2.23. The molecule has 1 atom stereocenters. The van der Waals surface area contributed by atoms with Crippen LogP contribution in [-0.4, -0.2) is 53.1 Å². The SMILES string of the molecule is CC(Nc1nc(Cl)ncc1Br)C(=O)N1CCOCC1. The van der Waals surface area contributed by atoms with Crippen LogP contribution in [0.1, 0.15) is 6.92 Å². The van der Waals surface area contributed by atoms with E-state index in [1.165, 1.54) is 0 Å². The van der Waals surface area contributed by atoms with Crippen LogP contribution < -0.4 is 5.32 Å². The number of ether oxygens (including phenoxy) is 1. The van der Waals surface area contributed by atoms with Crippen molar-refractivity contribution in [2.24, 2.45) is 0 Å². The zero-order valence-electron chi connectivity index (χ0n) is 10.4. The average Bonchev–Trinajstić information content (AvgIpc) is 2.43. The molecule has 0 spiro atoms. The van der Waals surface area contributed by atoms with E-state index in [9.17, 15) is 4.79 Å². The minimum Gasteiger partial charge on any atom is -0.378 e. The maximum atomic E-state index is 12.2. The van der Waals surface area contributed by atoms with Gasteiger partial charge in [-0.25, -0.2) is 4.98 Å². The van der Waals surface area contributed by atoms with Crippen LogP contribution in [0.2, 0.25) is 5.28 Å². The molecule has 1 aliphatic heterocycles. The van der Waals surface area contributed by atoms with E-state index in [1.54, 1.807) is 18.0 Å². The number of anilines is 1. The van der Waals surface area contributed by atoms with Crippen molar-refractivity contribution in [2.45, 2.75) is 13.0 Å². The number of carbonyl (C=O) groups excluding carboxylic acids is 1. The molecule has 1 unspecified atom stereocenters. The second-order valence-corrected chi connectivity index (χ2v) is 5.33. The number of nitrogens with one attached hydrogen (secondary N) is 1. The van der Waals surface area contributed by atoms with Gasteiger partial charge < -0.3 is 15.0 Å². The normalized spacial score (nSPS) is 17.1. The van der Waals surface area contributed by atoms with E-state index in [2.05, 4.69) is 31.2 Å². The van der Waals surface area contributed by atoms with Gasteiger partial charge in [0.25, 0.3) is 0 Å². The Morgan fingerprint density at radius 1 is 1.58 bits per heavy atom. The predicted octanol–water partition coefficient (Wildman–Crippen LogP) is 1.55. The summed E-state index contributed by atoms with van der Waals surface area (Å²) in [5, 5.41) is 3.17. The fraction of sp³-hybridized carbons (Fsp3) is 0.545. The third-order valence-electron chi connectivity index (χ3n) is 2.76. The monoisotopic (exact) mass is 348 g/mol. The van der Waals surface area contributed by atoms with Crippen LogP contribution in [0, 0.1) is 0 Å². The molecule has 6 nitrogen and oxygen atoms in total. The van der Waals surface area contributed by atoms with Crippen molar-refractivity contribution in [3.63, 3.8) is 0 Å².